The number of imidazole rings is 1. The Hall–Kier alpha value is -2.29. The maximum absolute atomic E-state index is 5.30. The molecule has 0 unspecified atom stereocenters. The minimum Gasteiger partial charge on any atom is -0.465 e. The van der Waals surface area contributed by atoms with Crippen LogP contribution in [0.25, 0.3) is 22.7 Å². The van der Waals surface area contributed by atoms with Crippen LogP contribution in [0.4, 0.5) is 0 Å². The highest BCUT2D eigenvalue weighted by Crippen LogP contribution is 2.20. The van der Waals surface area contributed by atoms with Gasteiger partial charge in [0.2, 0.25) is 0 Å². The van der Waals surface area contributed by atoms with E-state index in [4.69, 9.17) is 4.42 Å². The minimum absolute atomic E-state index is 0.837. The summed E-state index contributed by atoms with van der Waals surface area (Å²) >= 11 is 0. The number of furan rings is 1. The quantitative estimate of drug-likeness (QED) is 0.732. The molecule has 2 heterocycles. The van der Waals surface area contributed by atoms with Crippen molar-refractivity contribution in [1.29, 1.82) is 0 Å². The molecule has 0 spiro atoms. The largest absolute Gasteiger partial charge is 0.465 e. The topological polar surface area (TPSA) is 41.8 Å². The fourth-order valence-electron chi connectivity index (χ4n) is 1.97. The summed E-state index contributed by atoms with van der Waals surface area (Å²) in [4.78, 5) is 7.90. The number of aromatic nitrogens is 2. The van der Waals surface area contributed by atoms with E-state index in [9.17, 15) is 0 Å². The van der Waals surface area contributed by atoms with Crippen molar-refractivity contribution in [2.45, 2.75) is 13.8 Å². The number of H-pyrrole nitrogens is 1. The summed E-state index contributed by atoms with van der Waals surface area (Å²) in [7, 11) is 0. The van der Waals surface area contributed by atoms with Crippen LogP contribution in [-0.2, 0) is 0 Å². The number of allylic oxidation sites excluding steroid dienone is 1. The monoisotopic (exact) mass is 238 g/mol. The van der Waals surface area contributed by atoms with Crippen LogP contribution in [0.15, 0.2) is 41.0 Å². The van der Waals surface area contributed by atoms with Gasteiger partial charge in [-0.1, -0.05) is 6.07 Å². The van der Waals surface area contributed by atoms with Gasteiger partial charge in [-0.2, -0.15) is 0 Å². The van der Waals surface area contributed by atoms with E-state index in [2.05, 4.69) is 29.0 Å². The van der Waals surface area contributed by atoms with Crippen molar-refractivity contribution < 1.29 is 4.42 Å². The molecule has 1 N–H and O–H groups in total. The molecule has 2 aromatic heterocycles. The first-order chi connectivity index (χ1) is 8.72. The standard InChI is InChI=1S/C15H14N2O/c1-10-5-6-13-14(8-10)17-15(16-13)11(2)9-12-4-3-7-18-12/h3-9H,1-2H3,(H,16,17)/b11-9+. The Kier molecular flexibility index (Phi) is 2.52. The van der Waals surface area contributed by atoms with Gasteiger partial charge in [0.25, 0.3) is 0 Å². The van der Waals surface area contributed by atoms with Gasteiger partial charge in [0.15, 0.2) is 0 Å². The van der Waals surface area contributed by atoms with Crippen molar-refractivity contribution in [1.82, 2.24) is 9.97 Å². The lowest BCUT2D eigenvalue weighted by molar-refractivity contribution is 0.557. The number of fused-ring (bicyclic) bond motifs is 1. The predicted molar refractivity (Wildman–Crippen MR) is 73.1 cm³/mol. The second-order valence-corrected chi connectivity index (χ2v) is 4.45. The zero-order chi connectivity index (χ0) is 12.5. The zero-order valence-electron chi connectivity index (χ0n) is 10.4. The average molecular weight is 238 g/mol. The lowest BCUT2D eigenvalue weighted by Gasteiger charge is -1.93. The number of rotatable bonds is 2. The number of hydrogen-bond donors (Lipinski definition) is 1. The van der Waals surface area contributed by atoms with Crippen LogP contribution in [-0.4, -0.2) is 9.97 Å². The van der Waals surface area contributed by atoms with Gasteiger partial charge in [-0.05, 0) is 55.3 Å². The first-order valence-electron chi connectivity index (χ1n) is 5.91. The molecule has 0 radical (unpaired) electrons. The maximum atomic E-state index is 5.30. The molecule has 3 rings (SSSR count). The van der Waals surface area contributed by atoms with E-state index in [1.165, 1.54) is 5.56 Å². The lowest BCUT2D eigenvalue weighted by atomic mass is 10.2. The molecule has 0 aliphatic carbocycles. The highest BCUT2D eigenvalue weighted by atomic mass is 16.3. The molecule has 0 aliphatic rings. The van der Waals surface area contributed by atoms with Gasteiger partial charge in [-0.3, -0.25) is 0 Å². The summed E-state index contributed by atoms with van der Waals surface area (Å²) in [5.74, 6) is 1.72. The van der Waals surface area contributed by atoms with Gasteiger partial charge in [-0.15, -0.1) is 0 Å². The van der Waals surface area contributed by atoms with E-state index < -0.39 is 0 Å². The fraction of sp³-hybridized carbons (Fsp3) is 0.133. The molecule has 0 aliphatic heterocycles. The maximum Gasteiger partial charge on any atom is 0.134 e. The van der Waals surface area contributed by atoms with Gasteiger partial charge in [-0.25, -0.2) is 4.98 Å². The van der Waals surface area contributed by atoms with Crippen LogP contribution < -0.4 is 0 Å². The summed E-state index contributed by atoms with van der Waals surface area (Å²) in [6.07, 6.45) is 3.64. The summed E-state index contributed by atoms with van der Waals surface area (Å²) in [6, 6.07) is 10.0. The molecular formula is C15H14N2O. The SMILES string of the molecule is C/C(=C\c1ccco1)c1nc2ccc(C)cc2[nH]1. The van der Waals surface area contributed by atoms with Gasteiger partial charge in [0.1, 0.15) is 11.6 Å². The highest BCUT2D eigenvalue weighted by molar-refractivity contribution is 5.83. The fourth-order valence-corrected chi connectivity index (χ4v) is 1.97. The Labute approximate surface area is 105 Å². The smallest absolute Gasteiger partial charge is 0.134 e. The molecule has 0 bridgehead atoms. The number of benzene rings is 1. The molecule has 3 nitrogen and oxygen atoms in total. The number of aromatic amines is 1. The highest BCUT2D eigenvalue weighted by Gasteiger charge is 2.05. The first-order valence-corrected chi connectivity index (χ1v) is 5.91. The van der Waals surface area contributed by atoms with Crippen LogP contribution in [0.5, 0.6) is 0 Å². The first kappa shape index (κ1) is 10.8. The number of nitrogens with zero attached hydrogens (tertiary/aromatic N) is 1. The lowest BCUT2D eigenvalue weighted by Crippen LogP contribution is -1.81. The van der Waals surface area contributed by atoms with Gasteiger partial charge in [0.05, 0.1) is 17.3 Å². The molecule has 0 amide bonds. The zero-order valence-corrected chi connectivity index (χ0v) is 10.4. The van der Waals surface area contributed by atoms with E-state index in [1.807, 2.05) is 31.2 Å². The Balaban J connectivity index is 2.04. The van der Waals surface area contributed by atoms with E-state index in [0.717, 1.165) is 28.2 Å². The molecular weight excluding hydrogens is 224 g/mol. The van der Waals surface area contributed by atoms with Crippen LogP contribution >= 0.6 is 0 Å². The van der Waals surface area contributed by atoms with Crippen molar-refractivity contribution in [3.63, 3.8) is 0 Å². The Morgan fingerprint density at radius 2 is 2.22 bits per heavy atom. The molecule has 18 heavy (non-hydrogen) atoms. The summed E-state index contributed by atoms with van der Waals surface area (Å²) in [5.41, 5.74) is 4.34. The number of aryl methyl sites for hydroxylation is 1. The van der Waals surface area contributed by atoms with E-state index in [0.29, 0.717) is 0 Å². The normalized spacial score (nSPS) is 12.2. The second-order valence-electron chi connectivity index (χ2n) is 4.45. The summed E-state index contributed by atoms with van der Waals surface area (Å²) in [6.45, 7) is 4.10. The van der Waals surface area contributed by atoms with Crippen LogP contribution in [0, 0.1) is 6.92 Å². The predicted octanol–water partition coefficient (Wildman–Crippen LogP) is 4.02. The third kappa shape index (κ3) is 1.95. The van der Waals surface area contributed by atoms with Crippen LogP contribution in [0.2, 0.25) is 0 Å². The Bertz CT molecular complexity index is 705. The third-order valence-electron chi connectivity index (χ3n) is 2.91. The second kappa shape index (κ2) is 4.18. The van der Waals surface area contributed by atoms with Gasteiger partial charge in [0, 0.05) is 0 Å². The molecule has 0 atom stereocenters. The Morgan fingerprint density at radius 3 is 3.00 bits per heavy atom. The number of hydrogen-bond acceptors (Lipinski definition) is 2. The summed E-state index contributed by atoms with van der Waals surface area (Å²) < 4.78 is 5.30. The van der Waals surface area contributed by atoms with E-state index in [1.54, 1.807) is 6.26 Å². The minimum atomic E-state index is 0.837. The van der Waals surface area contributed by atoms with Crippen molar-refractivity contribution >= 4 is 22.7 Å². The van der Waals surface area contributed by atoms with Crippen molar-refractivity contribution in [3.8, 4) is 0 Å². The molecule has 3 heteroatoms. The number of nitrogens with one attached hydrogen (secondary N) is 1. The molecule has 0 saturated carbocycles. The van der Waals surface area contributed by atoms with Crippen molar-refractivity contribution in [3.05, 3.63) is 53.7 Å². The third-order valence-corrected chi connectivity index (χ3v) is 2.91. The van der Waals surface area contributed by atoms with Crippen LogP contribution in [0.1, 0.15) is 24.1 Å². The summed E-state index contributed by atoms with van der Waals surface area (Å²) in [5, 5.41) is 0. The van der Waals surface area contributed by atoms with Crippen LogP contribution in [0.3, 0.4) is 0 Å². The van der Waals surface area contributed by atoms with E-state index in [-0.39, 0.29) is 0 Å². The Morgan fingerprint density at radius 1 is 1.33 bits per heavy atom. The average Bonchev–Trinajstić information content (AvgIpc) is 2.96. The van der Waals surface area contributed by atoms with Crippen molar-refractivity contribution in [2.24, 2.45) is 0 Å². The molecule has 0 saturated heterocycles. The van der Waals surface area contributed by atoms with Gasteiger partial charge < -0.3 is 9.40 Å². The van der Waals surface area contributed by atoms with E-state index >= 15 is 0 Å². The molecule has 1 aromatic carbocycles. The molecule has 3 aromatic rings. The van der Waals surface area contributed by atoms with Crippen molar-refractivity contribution in [2.75, 3.05) is 0 Å². The molecule has 0 fully saturated rings. The molecule has 90 valence electrons. The van der Waals surface area contributed by atoms with Gasteiger partial charge >= 0.3 is 0 Å².